The van der Waals surface area contributed by atoms with Crippen LogP contribution in [-0.4, -0.2) is 0 Å². The van der Waals surface area contributed by atoms with Crippen molar-refractivity contribution in [2.45, 2.75) is 34.1 Å². The van der Waals surface area contributed by atoms with E-state index in [0.29, 0.717) is 5.92 Å². The fourth-order valence-corrected chi connectivity index (χ4v) is 1.04. The maximum atomic E-state index is 12.8. The lowest BCUT2D eigenvalue weighted by molar-refractivity contribution is 0.615. The van der Waals surface area contributed by atoms with Crippen molar-refractivity contribution in [2.24, 2.45) is 5.92 Å². The topological polar surface area (TPSA) is 0 Å². The molecule has 0 unspecified atom stereocenters. The number of allylic oxidation sites excluding steroid dienone is 3. The molecule has 0 rings (SSSR count). The number of halogens is 1. The lowest BCUT2D eigenvalue weighted by Gasteiger charge is -2.12. The molecule has 0 heterocycles. The van der Waals surface area contributed by atoms with Crippen LogP contribution in [0.1, 0.15) is 34.1 Å². The van der Waals surface area contributed by atoms with Crippen molar-refractivity contribution in [3.63, 3.8) is 0 Å². The zero-order chi connectivity index (χ0) is 9.02. The van der Waals surface area contributed by atoms with Gasteiger partial charge in [-0.25, -0.2) is 4.39 Å². The van der Waals surface area contributed by atoms with Gasteiger partial charge in [-0.1, -0.05) is 27.4 Å². The highest BCUT2D eigenvalue weighted by Gasteiger charge is 2.07. The molecule has 0 saturated carbocycles. The first-order valence-corrected chi connectivity index (χ1v) is 4.05. The highest BCUT2D eigenvalue weighted by molar-refractivity contribution is 5.30. The zero-order valence-corrected chi connectivity index (χ0v) is 7.87. The van der Waals surface area contributed by atoms with E-state index in [1.54, 1.807) is 0 Å². The van der Waals surface area contributed by atoms with Crippen LogP contribution >= 0.6 is 0 Å². The fourth-order valence-electron chi connectivity index (χ4n) is 1.04. The van der Waals surface area contributed by atoms with E-state index in [0.717, 1.165) is 17.6 Å². The number of rotatable bonds is 3. The summed E-state index contributed by atoms with van der Waals surface area (Å²) in [5, 5.41) is 0. The van der Waals surface area contributed by atoms with E-state index in [1.807, 2.05) is 20.8 Å². The van der Waals surface area contributed by atoms with Crippen LogP contribution in [0.2, 0.25) is 0 Å². The smallest absolute Gasteiger partial charge is 0.100 e. The molecule has 0 aliphatic rings. The molecule has 0 nitrogen and oxygen atoms in total. The third-order valence-corrected chi connectivity index (χ3v) is 1.85. The van der Waals surface area contributed by atoms with E-state index in [9.17, 15) is 4.39 Å². The van der Waals surface area contributed by atoms with Crippen LogP contribution in [0, 0.1) is 5.92 Å². The van der Waals surface area contributed by atoms with Crippen LogP contribution in [0.15, 0.2) is 23.6 Å². The fraction of sp³-hybridized carbons (Fsp3) is 0.600. The molecule has 0 N–H and O–H groups in total. The van der Waals surface area contributed by atoms with Crippen LogP contribution in [0.5, 0.6) is 0 Å². The second-order valence-electron chi connectivity index (χ2n) is 3.05. The molecule has 0 radical (unpaired) electrons. The normalized spacial score (nSPS) is 13.3. The van der Waals surface area contributed by atoms with E-state index in [2.05, 4.69) is 6.58 Å². The maximum absolute atomic E-state index is 12.8. The van der Waals surface area contributed by atoms with Crippen molar-refractivity contribution in [1.82, 2.24) is 0 Å². The van der Waals surface area contributed by atoms with Crippen molar-refractivity contribution in [2.75, 3.05) is 0 Å². The number of hydrogen-bond donors (Lipinski definition) is 0. The average Bonchev–Trinajstić information content (AvgIpc) is 1.88. The van der Waals surface area contributed by atoms with Gasteiger partial charge in [-0.15, -0.1) is 0 Å². The third-order valence-electron chi connectivity index (χ3n) is 1.85. The van der Waals surface area contributed by atoms with Gasteiger partial charge in [-0.2, -0.15) is 0 Å². The summed E-state index contributed by atoms with van der Waals surface area (Å²) in [6, 6.07) is 0. The predicted molar refractivity (Wildman–Crippen MR) is 48.1 cm³/mol. The van der Waals surface area contributed by atoms with E-state index < -0.39 is 0 Å². The summed E-state index contributed by atoms with van der Waals surface area (Å²) in [5.41, 5.74) is 1.70. The summed E-state index contributed by atoms with van der Waals surface area (Å²) >= 11 is 0. The molecule has 0 atom stereocenters. The Balaban J connectivity index is 4.55. The van der Waals surface area contributed by atoms with Crippen molar-refractivity contribution in [3.8, 4) is 0 Å². The molecule has 0 spiro atoms. The Morgan fingerprint density at radius 1 is 1.45 bits per heavy atom. The van der Waals surface area contributed by atoms with E-state index in [-0.39, 0.29) is 5.83 Å². The standard InChI is InChI=1S/C10H17F/c1-6-10(9(5)11)8(4)7(2)3/h7H,4,6H2,1-3,5H3/b10-9+. The molecule has 0 saturated heterocycles. The van der Waals surface area contributed by atoms with Gasteiger partial charge in [0.15, 0.2) is 0 Å². The molecule has 64 valence electrons. The molecular formula is C10H17F. The molecule has 0 aromatic carbocycles. The molecule has 0 bridgehead atoms. The zero-order valence-electron chi connectivity index (χ0n) is 7.87. The summed E-state index contributed by atoms with van der Waals surface area (Å²) in [4.78, 5) is 0. The highest BCUT2D eigenvalue weighted by atomic mass is 19.1. The van der Waals surface area contributed by atoms with E-state index in [1.165, 1.54) is 6.92 Å². The van der Waals surface area contributed by atoms with Gasteiger partial charge in [0.1, 0.15) is 5.83 Å². The Labute approximate surface area is 68.8 Å². The van der Waals surface area contributed by atoms with Crippen LogP contribution in [0.25, 0.3) is 0 Å². The Morgan fingerprint density at radius 3 is 2.00 bits per heavy atom. The summed E-state index contributed by atoms with van der Waals surface area (Å²) in [6.45, 7) is 11.3. The Hall–Kier alpha value is -0.590. The molecule has 0 aliphatic carbocycles. The molecule has 11 heavy (non-hydrogen) atoms. The summed E-state index contributed by atoms with van der Waals surface area (Å²) in [7, 11) is 0. The third kappa shape index (κ3) is 2.87. The summed E-state index contributed by atoms with van der Waals surface area (Å²) in [5.74, 6) is 0.252. The van der Waals surface area contributed by atoms with Gasteiger partial charge in [0.05, 0.1) is 0 Å². The van der Waals surface area contributed by atoms with Crippen molar-refractivity contribution in [1.29, 1.82) is 0 Å². The minimum Gasteiger partial charge on any atom is -0.212 e. The summed E-state index contributed by atoms with van der Waals surface area (Å²) in [6.07, 6.45) is 0.735. The van der Waals surface area contributed by atoms with Gasteiger partial charge in [-0.3, -0.25) is 0 Å². The van der Waals surface area contributed by atoms with Crippen LogP contribution in [0.3, 0.4) is 0 Å². The molecular weight excluding hydrogens is 139 g/mol. The monoisotopic (exact) mass is 156 g/mol. The first-order chi connectivity index (χ1) is 5.00. The van der Waals surface area contributed by atoms with Gasteiger partial charge in [0, 0.05) is 0 Å². The quantitative estimate of drug-likeness (QED) is 0.544. The van der Waals surface area contributed by atoms with Crippen LogP contribution in [0.4, 0.5) is 4.39 Å². The SMILES string of the molecule is C=C(/C(CC)=C(\C)F)C(C)C. The average molecular weight is 156 g/mol. The molecule has 0 amide bonds. The molecule has 0 aromatic heterocycles. The first kappa shape index (κ1) is 10.4. The minimum atomic E-state index is -0.0915. The van der Waals surface area contributed by atoms with Crippen LogP contribution < -0.4 is 0 Å². The second-order valence-corrected chi connectivity index (χ2v) is 3.05. The van der Waals surface area contributed by atoms with Gasteiger partial charge >= 0.3 is 0 Å². The molecule has 0 fully saturated rings. The van der Waals surface area contributed by atoms with Gasteiger partial charge in [0.2, 0.25) is 0 Å². The van der Waals surface area contributed by atoms with Crippen molar-refractivity contribution < 1.29 is 4.39 Å². The van der Waals surface area contributed by atoms with Crippen LogP contribution in [-0.2, 0) is 0 Å². The first-order valence-electron chi connectivity index (χ1n) is 4.05. The lowest BCUT2D eigenvalue weighted by Crippen LogP contribution is -1.97. The molecule has 1 heteroatoms. The Morgan fingerprint density at radius 2 is 1.91 bits per heavy atom. The van der Waals surface area contributed by atoms with E-state index in [4.69, 9.17) is 0 Å². The van der Waals surface area contributed by atoms with Gasteiger partial charge in [0.25, 0.3) is 0 Å². The van der Waals surface area contributed by atoms with Gasteiger partial charge < -0.3 is 0 Å². The minimum absolute atomic E-state index is 0.0915. The second kappa shape index (κ2) is 4.32. The largest absolute Gasteiger partial charge is 0.212 e. The highest BCUT2D eigenvalue weighted by Crippen LogP contribution is 2.23. The molecule has 0 aliphatic heterocycles. The maximum Gasteiger partial charge on any atom is 0.100 e. The predicted octanol–water partition coefficient (Wildman–Crippen LogP) is 3.85. The molecule has 0 aromatic rings. The van der Waals surface area contributed by atoms with Gasteiger partial charge in [-0.05, 0) is 30.4 Å². The lowest BCUT2D eigenvalue weighted by atomic mass is 9.95. The van der Waals surface area contributed by atoms with Crippen molar-refractivity contribution in [3.05, 3.63) is 23.6 Å². The van der Waals surface area contributed by atoms with Crippen molar-refractivity contribution >= 4 is 0 Å². The Bertz CT molecular complexity index is 171. The van der Waals surface area contributed by atoms with E-state index >= 15 is 0 Å². The number of hydrogen-bond acceptors (Lipinski definition) is 0. The Kier molecular flexibility index (Phi) is 4.09. The summed E-state index contributed by atoms with van der Waals surface area (Å²) < 4.78 is 12.8.